The number of fused-ring (bicyclic) bond motifs is 6. The zero-order valence-corrected chi connectivity index (χ0v) is 36.1. The van der Waals surface area contributed by atoms with E-state index in [9.17, 15) is 0 Å². The number of hydrogen-bond acceptors (Lipinski definition) is 0. The van der Waals surface area contributed by atoms with Crippen LogP contribution in [0, 0.1) is 11.8 Å². The highest BCUT2D eigenvalue weighted by Crippen LogP contribution is 2.53. The predicted octanol–water partition coefficient (Wildman–Crippen LogP) is 15.5. The summed E-state index contributed by atoms with van der Waals surface area (Å²) in [6.45, 7) is 11.9. The Balaban J connectivity index is 1.07. The molecule has 1 aromatic heterocycles. The van der Waals surface area contributed by atoms with Crippen molar-refractivity contribution in [3.05, 3.63) is 226 Å². The van der Waals surface area contributed by atoms with Gasteiger partial charge in [0.25, 0.3) is 0 Å². The Kier molecular flexibility index (Phi) is 9.77. The first-order chi connectivity index (χ1) is 28.9. The van der Waals surface area contributed by atoms with E-state index in [1.807, 2.05) is 0 Å². The van der Waals surface area contributed by atoms with Gasteiger partial charge in [-0.15, -0.1) is 0 Å². The summed E-state index contributed by atoms with van der Waals surface area (Å²) in [7, 11) is 0. The third-order valence-corrected chi connectivity index (χ3v) is 14.8. The molecule has 7 aromatic rings. The molecule has 59 heavy (non-hydrogen) atoms. The lowest BCUT2D eigenvalue weighted by Crippen LogP contribution is -2.22. The van der Waals surface area contributed by atoms with Crippen LogP contribution in [0.5, 0.6) is 0 Å². The van der Waals surface area contributed by atoms with E-state index in [0.29, 0.717) is 5.92 Å². The minimum Gasteiger partial charge on any atom is -0.337 e. The van der Waals surface area contributed by atoms with Gasteiger partial charge in [0.15, 0.2) is 0 Å². The third-order valence-electron chi connectivity index (χ3n) is 13.3. The Hall–Kier alpha value is -5.84. The van der Waals surface area contributed by atoms with E-state index in [-0.39, 0.29) is 38.1 Å². The summed E-state index contributed by atoms with van der Waals surface area (Å²) in [5, 5.41) is 2.60. The Bertz CT molecular complexity index is 2980. The molecule has 10 rings (SSSR count). The maximum atomic E-state index is 4.62. The van der Waals surface area contributed by atoms with Crippen LogP contribution in [0.25, 0.3) is 55.2 Å². The van der Waals surface area contributed by atoms with Crippen LogP contribution in [0.1, 0.15) is 49.9 Å². The Labute approximate surface area is 358 Å². The van der Waals surface area contributed by atoms with Crippen LogP contribution in [-0.2, 0) is 5.41 Å². The highest BCUT2D eigenvalue weighted by Gasteiger charge is 2.41. The lowest BCUT2D eigenvalue weighted by molar-refractivity contribution is 0.451. The molecule has 1 nitrogen and oxygen atoms in total. The molecule has 0 spiro atoms. The number of allylic oxidation sites excluding steroid dienone is 10. The number of nitrogens with zero attached hydrogens (tertiary/aromatic N) is 1. The van der Waals surface area contributed by atoms with Crippen LogP contribution < -0.4 is 0 Å². The average molecular weight is 874 g/mol. The van der Waals surface area contributed by atoms with Crippen molar-refractivity contribution in [2.24, 2.45) is 11.8 Å². The van der Waals surface area contributed by atoms with Crippen molar-refractivity contribution in [3.63, 3.8) is 0 Å². The van der Waals surface area contributed by atoms with Gasteiger partial charge in [0.05, 0.1) is 0 Å². The summed E-state index contributed by atoms with van der Waals surface area (Å²) in [6.07, 6.45) is 17.0. The van der Waals surface area contributed by atoms with Gasteiger partial charge in [0, 0.05) is 45.1 Å². The van der Waals surface area contributed by atoms with Crippen LogP contribution in [0.3, 0.4) is 0 Å². The third kappa shape index (κ3) is 6.49. The second kappa shape index (κ2) is 15.4. The number of para-hydroxylation sites is 1. The van der Waals surface area contributed by atoms with Gasteiger partial charge in [-0.2, -0.15) is 0 Å². The highest BCUT2D eigenvalue weighted by molar-refractivity contribution is 14.2. The fourth-order valence-corrected chi connectivity index (χ4v) is 11.3. The number of rotatable bonds is 9. The molecular weight excluding hydrogens is 826 g/mol. The summed E-state index contributed by atoms with van der Waals surface area (Å²) in [4.78, 5) is 0. The molecule has 0 saturated heterocycles. The normalized spacial score (nSPS) is 19.3. The van der Waals surface area contributed by atoms with Gasteiger partial charge in [-0.1, -0.05) is 180 Å². The van der Waals surface area contributed by atoms with E-state index >= 15 is 0 Å². The maximum Gasteiger partial charge on any atom is 0.0500 e. The standard InChI is InChI=1S/C57H48IN/c1-38(41-16-7-5-8-17-41)34-51(43-30-32-58-33-31-43)39(2)40(3)59-55-25-14-12-23-49(55)50-28-26-46(37-56(50)59)45-27-29-54-52(36-45)48-22-11-13-24-53(48)57(54,4)47-21-15-20-44(35-47)42-18-9-6-10-19-42/h5-16,18-37,39-41H,1,17H2,2-4H3/b51-34+/t39?,40?,41?,57-/m1/s1. The summed E-state index contributed by atoms with van der Waals surface area (Å²) in [6, 6.07) is 52.4. The van der Waals surface area contributed by atoms with Crippen LogP contribution in [0.2, 0.25) is 0 Å². The summed E-state index contributed by atoms with van der Waals surface area (Å²) >= 11 is -0.0208. The molecule has 2 heterocycles. The molecule has 0 fully saturated rings. The van der Waals surface area contributed by atoms with Crippen molar-refractivity contribution in [2.75, 3.05) is 0 Å². The fraction of sp³-hybridized carbons (Fsp3) is 0.140. The monoisotopic (exact) mass is 873 g/mol. The van der Waals surface area contributed by atoms with Gasteiger partial charge in [-0.05, 0) is 132 Å². The average Bonchev–Trinajstić information content (AvgIpc) is 3.77. The predicted molar refractivity (Wildman–Crippen MR) is 263 cm³/mol. The maximum absolute atomic E-state index is 4.62. The zero-order valence-electron chi connectivity index (χ0n) is 33.9. The van der Waals surface area contributed by atoms with Gasteiger partial charge >= 0.3 is 0 Å². The lowest BCUT2D eigenvalue weighted by Gasteiger charge is -2.29. The quantitative estimate of drug-likeness (QED) is 0.101. The number of halogens is 1. The molecule has 1 aliphatic heterocycles. The van der Waals surface area contributed by atoms with Crippen molar-refractivity contribution >= 4 is 46.5 Å². The van der Waals surface area contributed by atoms with E-state index in [1.165, 1.54) is 88.6 Å². The van der Waals surface area contributed by atoms with Crippen LogP contribution in [0.15, 0.2) is 209 Å². The highest BCUT2D eigenvalue weighted by atomic mass is 127. The molecule has 0 saturated carbocycles. The van der Waals surface area contributed by atoms with E-state index in [0.717, 1.165) is 6.42 Å². The molecule has 0 amide bonds. The molecule has 4 atom stereocenters. The molecule has 6 aromatic carbocycles. The first-order valence-electron chi connectivity index (χ1n) is 20.9. The first kappa shape index (κ1) is 37.4. The molecule has 2 aliphatic carbocycles. The molecular formula is C57H48IN. The minimum absolute atomic E-state index is 0.0208. The Morgan fingerprint density at radius 2 is 1.44 bits per heavy atom. The zero-order chi connectivity index (χ0) is 40.1. The van der Waals surface area contributed by atoms with Gasteiger partial charge in [0.1, 0.15) is 0 Å². The fourth-order valence-electron chi connectivity index (χ4n) is 9.87. The lowest BCUT2D eigenvalue weighted by atomic mass is 9.73. The second-order valence-corrected chi connectivity index (χ2v) is 18.7. The molecule has 0 radical (unpaired) electrons. The molecule has 0 N–H and O–H groups in total. The molecule has 2 heteroatoms. The van der Waals surface area contributed by atoms with Crippen molar-refractivity contribution in [1.29, 1.82) is 0 Å². The SMILES string of the molecule is C=C(/C=C(/C1=CC=IC=C1)C(C)C(C)n1c2ccccc2c2ccc(-c3ccc4c(c3)-c3ccccc3[C@@]4(C)c3cccc(-c4ccccc4)c3)cc21)C1C=CC=CC1. The molecule has 0 bridgehead atoms. The number of hydrogen-bond donors (Lipinski definition) is 0. The minimum atomic E-state index is -0.278. The largest absolute Gasteiger partial charge is 0.337 e. The summed E-state index contributed by atoms with van der Waals surface area (Å²) in [5.74, 6) is 0.558. The van der Waals surface area contributed by atoms with Crippen LogP contribution >= 0.6 is 20.7 Å². The van der Waals surface area contributed by atoms with Crippen LogP contribution in [0.4, 0.5) is 0 Å². The topological polar surface area (TPSA) is 4.93 Å². The molecule has 288 valence electrons. The summed E-state index contributed by atoms with van der Waals surface area (Å²) in [5.41, 5.74) is 17.8. The van der Waals surface area contributed by atoms with E-state index in [4.69, 9.17) is 0 Å². The molecule has 3 unspecified atom stereocenters. The van der Waals surface area contributed by atoms with Crippen molar-refractivity contribution in [3.8, 4) is 33.4 Å². The van der Waals surface area contributed by atoms with E-state index < -0.39 is 0 Å². The smallest absolute Gasteiger partial charge is 0.0500 e. The van der Waals surface area contributed by atoms with Gasteiger partial charge in [-0.25, -0.2) is 0 Å². The van der Waals surface area contributed by atoms with Gasteiger partial charge < -0.3 is 4.57 Å². The Morgan fingerprint density at radius 3 is 2.27 bits per heavy atom. The van der Waals surface area contributed by atoms with Crippen molar-refractivity contribution in [2.45, 2.75) is 38.6 Å². The van der Waals surface area contributed by atoms with Crippen LogP contribution in [-0.4, -0.2) is 8.58 Å². The van der Waals surface area contributed by atoms with E-state index in [2.05, 4.69) is 222 Å². The van der Waals surface area contributed by atoms with Gasteiger partial charge in [0.2, 0.25) is 0 Å². The number of benzene rings is 6. The Morgan fingerprint density at radius 1 is 0.712 bits per heavy atom. The van der Waals surface area contributed by atoms with E-state index in [1.54, 1.807) is 0 Å². The second-order valence-electron chi connectivity index (χ2n) is 16.5. The number of aromatic nitrogens is 1. The van der Waals surface area contributed by atoms with Gasteiger partial charge in [-0.3, -0.25) is 0 Å². The first-order valence-corrected chi connectivity index (χ1v) is 23.4. The van der Waals surface area contributed by atoms with Crippen molar-refractivity contribution < 1.29 is 0 Å². The van der Waals surface area contributed by atoms with Crippen molar-refractivity contribution in [1.82, 2.24) is 4.57 Å². The summed E-state index contributed by atoms with van der Waals surface area (Å²) < 4.78 is 7.39. The molecule has 3 aliphatic rings.